The van der Waals surface area contributed by atoms with Crippen molar-refractivity contribution in [2.45, 2.75) is 148 Å². The fourth-order valence-electron chi connectivity index (χ4n) is 4.64. The molecule has 0 bridgehead atoms. The van der Waals surface area contributed by atoms with E-state index in [0.29, 0.717) is 0 Å². The van der Waals surface area contributed by atoms with Gasteiger partial charge in [-0.1, -0.05) is 129 Å². The lowest BCUT2D eigenvalue weighted by Crippen LogP contribution is -2.32. The number of aromatic amines is 1. The molecule has 0 aliphatic heterocycles. The molecule has 1 atom stereocenters. The van der Waals surface area contributed by atoms with Crippen LogP contribution in [0.25, 0.3) is 0 Å². The predicted octanol–water partition coefficient (Wildman–Crippen LogP) is 8.76. The second kappa shape index (κ2) is 19.2. The average molecular weight is 406 g/mol. The Morgan fingerprint density at radius 3 is 1.34 bits per heavy atom. The van der Waals surface area contributed by atoms with Gasteiger partial charge in [0.25, 0.3) is 5.82 Å². The van der Waals surface area contributed by atoms with Crippen molar-refractivity contribution in [3.05, 3.63) is 18.2 Å². The van der Waals surface area contributed by atoms with Crippen LogP contribution in [0.5, 0.6) is 0 Å². The lowest BCUT2D eigenvalue weighted by molar-refractivity contribution is -0.679. The Morgan fingerprint density at radius 1 is 0.621 bits per heavy atom. The Labute approximate surface area is 183 Å². The molecule has 0 unspecified atom stereocenters. The molecule has 2 nitrogen and oxygen atoms in total. The number of aryl methyl sites for hydroxylation is 1. The van der Waals surface area contributed by atoms with E-state index in [1.54, 1.807) is 0 Å². The molecule has 2 heteroatoms. The maximum Gasteiger partial charge on any atom is 0.257 e. The van der Waals surface area contributed by atoms with Gasteiger partial charge in [0.15, 0.2) is 0 Å². The van der Waals surface area contributed by atoms with E-state index in [1.165, 1.54) is 134 Å². The van der Waals surface area contributed by atoms with E-state index in [0.717, 1.165) is 5.92 Å². The second-order valence-electron chi connectivity index (χ2n) is 9.39. The third-order valence-corrected chi connectivity index (χ3v) is 6.61. The van der Waals surface area contributed by atoms with Crippen LogP contribution >= 0.6 is 0 Å². The first-order valence-electron chi connectivity index (χ1n) is 13.3. The van der Waals surface area contributed by atoms with Crippen LogP contribution in [-0.2, 0) is 7.05 Å². The topological polar surface area (TPSA) is 19.7 Å². The zero-order valence-electron chi connectivity index (χ0n) is 20.3. The molecule has 0 amide bonds. The van der Waals surface area contributed by atoms with Gasteiger partial charge in [-0.2, -0.15) is 0 Å². The van der Waals surface area contributed by atoms with E-state index in [-0.39, 0.29) is 0 Å². The van der Waals surface area contributed by atoms with Crippen molar-refractivity contribution in [2.75, 3.05) is 0 Å². The van der Waals surface area contributed by atoms with Crippen molar-refractivity contribution < 1.29 is 4.57 Å². The van der Waals surface area contributed by atoms with Crippen LogP contribution in [0, 0.1) is 0 Å². The minimum absolute atomic E-state index is 0.726. The van der Waals surface area contributed by atoms with Gasteiger partial charge in [0.1, 0.15) is 12.4 Å². The number of nitrogens with one attached hydrogen (secondary N) is 1. The molecule has 0 fully saturated rings. The number of nitrogens with zero attached hydrogens (tertiary/aromatic N) is 1. The van der Waals surface area contributed by atoms with Gasteiger partial charge in [0, 0.05) is 0 Å². The molecule has 0 aromatic carbocycles. The summed E-state index contributed by atoms with van der Waals surface area (Å²) >= 11 is 0. The van der Waals surface area contributed by atoms with Crippen molar-refractivity contribution in [2.24, 2.45) is 7.05 Å². The first-order chi connectivity index (χ1) is 14.3. The van der Waals surface area contributed by atoms with Crippen LogP contribution in [0.4, 0.5) is 0 Å². The Balaban J connectivity index is 2.14. The Hall–Kier alpha value is -0.790. The van der Waals surface area contributed by atoms with Crippen molar-refractivity contribution in [1.82, 2.24) is 4.98 Å². The summed E-state index contributed by atoms with van der Waals surface area (Å²) in [5, 5.41) is 0. The molecule has 0 aliphatic carbocycles. The standard InChI is InChI=1S/C27H52N2/c1-4-6-8-10-12-14-15-17-19-21-23-26(27-28-24-25-29(27)3)22-20-18-16-13-11-9-7-5-2/h24-26H,4-23H2,1-3H3/p+1/t26-/m0/s1. The molecule has 1 N–H and O–H groups in total. The summed E-state index contributed by atoms with van der Waals surface area (Å²) in [5.74, 6) is 2.17. The third-order valence-electron chi connectivity index (χ3n) is 6.61. The van der Waals surface area contributed by atoms with Crippen molar-refractivity contribution >= 4 is 0 Å². The molecule has 1 aromatic heterocycles. The van der Waals surface area contributed by atoms with Crippen LogP contribution in [0.15, 0.2) is 12.4 Å². The monoisotopic (exact) mass is 405 g/mol. The molecule has 0 aliphatic rings. The number of aromatic nitrogens is 2. The number of hydrogen-bond donors (Lipinski definition) is 1. The number of rotatable bonds is 21. The number of H-pyrrole nitrogens is 1. The van der Waals surface area contributed by atoms with Crippen LogP contribution in [0.1, 0.15) is 154 Å². The first-order valence-corrected chi connectivity index (χ1v) is 13.3. The molecule has 0 saturated heterocycles. The molecule has 0 spiro atoms. The summed E-state index contributed by atoms with van der Waals surface area (Å²) in [6.07, 6.45) is 32.7. The van der Waals surface area contributed by atoms with E-state index >= 15 is 0 Å². The van der Waals surface area contributed by atoms with Crippen molar-refractivity contribution in [3.63, 3.8) is 0 Å². The lowest BCUT2D eigenvalue weighted by atomic mass is 9.93. The largest absolute Gasteiger partial charge is 0.257 e. The van der Waals surface area contributed by atoms with Gasteiger partial charge in [-0.15, -0.1) is 0 Å². The van der Waals surface area contributed by atoms with E-state index in [2.05, 4.69) is 42.8 Å². The van der Waals surface area contributed by atoms with Gasteiger partial charge in [0.2, 0.25) is 0 Å². The molecular formula is C27H53N2+. The number of imidazole rings is 1. The number of unbranched alkanes of at least 4 members (excludes halogenated alkanes) is 16. The summed E-state index contributed by atoms with van der Waals surface area (Å²) in [6.45, 7) is 4.60. The number of hydrogen-bond acceptors (Lipinski definition) is 0. The molecule has 0 saturated carbocycles. The highest BCUT2D eigenvalue weighted by Gasteiger charge is 2.20. The SMILES string of the molecule is CCCCCCCCCCCC[C@H](CCCCCCCCCC)c1[nH]cc[n+]1C. The van der Waals surface area contributed by atoms with Crippen LogP contribution in [0.3, 0.4) is 0 Å². The maximum absolute atomic E-state index is 3.53. The molecule has 0 radical (unpaired) electrons. The highest BCUT2D eigenvalue weighted by Crippen LogP contribution is 2.26. The minimum atomic E-state index is 0.726. The molecule has 1 aromatic rings. The summed E-state index contributed by atoms with van der Waals surface area (Å²) < 4.78 is 2.31. The van der Waals surface area contributed by atoms with Gasteiger partial charge in [0.05, 0.1) is 13.0 Å². The summed E-state index contributed by atoms with van der Waals surface area (Å²) in [5.41, 5.74) is 0. The first kappa shape index (κ1) is 26.2. The summed E-state index contributed by atoms with van der Waals surface area (Å²) in [6, 6.07) is 0. The average Bonchev–Trinajstić information content (AvgIpc) is 3.15. The molecule has 1 rings (SSSR count). The normalized spacial score (nSPS) is 12.5. The van der Waals surface area contributed by atoms with Crippen LogP contribution < -0.4 is 4.57 Å². The quantitative estimate of drug-likeness (QED) is 0.156. The predicted molar refractivity (Wildman–Crippen MR) is 128 cm³/mol. The van der Waals surface area contributed by atoms with Crippen molar-refractivity contribution in [1.29, 1.82) is 0 Å². The van der Waals surface area contributed by atoms with E-state index < -0.39 is 0 Å². The summed E-state index contributed by atoms with van der Waals surface area (Å²) in [4.78, 5) is 3.53. The molecule has 29 heavy (non-hydrogen) atoms. The second-order valence-corrected chi connectivity index (χ2v) is 9.39. The smallest absolute Gasteiger partial charge is 0.247 e. The fraction of sp³-hybridized carbons (Fsp3) is 0.889. The van der Waals surface area contributed by atoms with E-state index in [9.17, 15) is 0 Å². The lowest BCUT2D eigenvalue weighted by Gasteiger charge is -2.13. The van der Waals surface area contributed by atoms with E-state index in [4.69, 9.17) is 0 Å². The fourth-order valence-corrected chi connectivity index (χ4v) is 4.64. The zero-order valence-corrected chi connectivity index (χ0v) is 20.3. The Kier molecular flexibility index (Phi) is 17.4. The Morgan fingerprint density at radius 2 is 1.00 bits per heavy atom. The Bertz CT molecular complexity index is 451. The molecule has 1 heterocycles. The van der Waals surface area contributed by atoms with Gasteiger partial charge >= 0.3 is 0 Å². The van der Waals surface area contributed by atoms with Gasteiger partial charge in [-0.25, -0.2) is 9.55 Å². The molecule has 170 valence electrons. The van der Waals surface area contributed by atoms with Gasteiger partial charge < -0.3 is 0 Å². The van der Waals surface area contributed by atoms with Gasteiger partial charge in [-0.05, 0) is 12.8 Å². The van der Waals surface area contributed by atoms with Crippen LogP contribution in [-0.4, -0.2) is 4.98 Å². The van der Waals surface area contributed by atoms with Crippen molar-refractivity contribution in [3.8, 4) is 0 Å². The van der Waals surface area contributed by atoms with Gasteiger partial charge in [-0.3, -0.25) is 0 Å². The minimum Gasteiger partial charge on any atom is -0.247 e. The summed E-state index contributed by atoms with van der Waals surface area (Å²) in [7, 11) is 2.20. The highest BCUT2D eigenvalue weighted by atomic mass is 15.0. The van der Waals surface area contributed by atoms with E-state index in [1.807, 2.05) is 0 Å². The zero-order chi connectivity index (χ0) is 21.0. The van der Waals surface area contributed by atoms with Crippen LogP contribution in [0.2, 0.25) is 0 Å². The third kappa shape index (κ3) is 13.9. The maximum atomic E-state index is 3.53. The molecular weight excluding hydrogens is 352 g/mol. The highest BCUT2D eigenvalue weighted by molar-refractivity contribution is 4.89.